The number of carbonyl (C=O) groups excluding carboxylic acids is 1. The van der Waals surface area contributed by atoms with Crippen LogP contribution in [0.1, 0.15) is 54.2 Å². The molecule has 3 aromatic rings. The summed E-state index contributed by atoms with van der Waals surface area (Å²) >= 11 is 0. The van der Waals surface area contributed by atoms with Crippen molar-refractivity contribution in [2.45, 2.75) is 52.5 Å². The van der Waals surface area contributed by atoms with E-state index in [0.717, 1.165) is 53.8 Å². The van der Waals surface area contributed by atoms with Crippen molar-refractivity contribution in [3.63, 3.8) is 0 Å². The molecular formula is C28H36N3O+. The van der Waals surface area contributed by atoms with E-state index in [1.807, 2.05) is 31.2 Å². The highest BCUT2D eigenvalue weighted by Gasteiger charge is 2.22. The van der Waals surface area contributed by atoms with Crippen molar-refractivity contribution in [2.75, 3.05) is 19.6 Å². The highest BCUT2D eigenvalue weighted by molar-refractivity contribution is 5.97. The number of benzene rings is 2. The van der Waals surface area contributed by atoms with Gasteiger partial charge in [-0.3, -0.25) is 4.79 Å². The minimum atomic E-state index is 0.0206. The third-order valence-electron chi connectivity index (χ3n) is 6.90. The van der Waals surface area contributed by atoms with Gasteiger partial charge in [0, 0.05) is 24.3 Å². The van der Waals surface area contributed by atoms with E-state index < -0.39 is 0 Å². The van der Waals surface area contributed by atoms with Crippen LogP contribution in [-0.2, 0) is 0 Å². The number of aryl methyl sites for hydroxylation is 1. The van der Waals surface area contributed by atoms with Gasteiger partial charge in [0.05, 0.1) is 30.4 Å². The van der Waals surface area contributed by atoms with Gasteiger partial charge in [-0.2, -0.15) is 0 Å². The Hall–Kier alpha value is -2.85. The normalized spacial score (nSPS) is 18.5. The van der Waals surface area contributed by atoms with Gasteiger partial charge in [-0.05, 0) is 63.8 Å². The summed E-state index contributed by atoms with van der Waals surface area (Å²) in [6.45, 7) is 9.63. The molecule has 0 saturated carbocycles. The van der Waals surface area contributed by atoms with Gasteiger partial charge in [0.1, 0.15) is 0 Å². The Morgan fingerprint density at radius 3 is 2.53 bits per heavy atom. The molecule has 32 heavy (non-hydrogen) atoms. The first kappa shape index (κ1) is 22.3. The zero-order valence-corrected chi connectivity index (χ0v) is 19.7. The molecule has 0 radical (unpaired) electrons. The number of rotatable bonds is 7. The molecule has 0 aliphatic carbocycles. The molecule has 168 valence electrons. The number of likely N-dealkylation sites (tertiary alicyclic amines) is 1. The summed E-state index contributed by atoms with van der Waals surface area (Å²) in [6.07, 6.45) is 5.05. The number of carbonyl (C=O) groups is 1. The molecule has 1 amide bonds. The minimum Gasteiger partial charge on any atom is -0.352 e. The van der Waals surface area contributed by atoms with E-state index in [1.165, 1.54) is 31.4 Å². The largest absolute Gasteiger partial charge is 0.352 e. The molecule has 1 aliphatic heterocycles. The van der Waals surface area contributed by atoms with Crippen LogP contribution in [0.15, 0.2) is 60.7 Å². The lowest BCUT2D eigenvalue weighted by molar-refractivity contribution is -0.928. The third kappa shape index (κ3) is 4.97. The lowest BCUT2D eigenvalue weighted by Crippen LogP contribution is -3.16. The number of piperidine rings is 1. The molecular weight excluding hydrogens is 394 g/mol. The average Bonchev–Trinajstić information content (AvgIpc) is 3.16. The van der Waals surface area contributed by atoms with E-state index in [2.05, 4.69) is 60.1 Å². The highest BCUT2D eigenvalue weighted by atomic mass is 16.1. The van der Waals surface area contributed by atoms with Crippen LogP contribution in [-0.4, -0.2) is 36.2 Å². The van der Waals surface area contributed by atoms with Crippen LogP contribution in [0.25, 0.3) is 16.9 Å². The number of aromatic nitrogens is 1. The summed E-state index contributed by atoms with van der Waals surface area (Å²) < 4.78 is 2.20. The lowest BCUT2D eigenvalue weighted by Gasteiger charge is -2.30. The monoisotopic (exact) mass is 430 g/mol. The zero-order chi connectivity index (χ0) is 22.5. The second-order valence-corrected chi connectivity index (χ2v) is 9.23. The number of quaternary nitrogens is 1. The van der Waals surface area contributed by atoms with Gasteiger partial charge in [0.2, 0.25) is 0 Å². The second-order valence-electron chi connectivity index (χ2n) is 9.23. The van der Waals surface area contributed by atoms with Gasteiger partial charge in [-0.15, -0.1) is 0 Å². The standard InChI is InChI=1S/C28H35N3O/c1-21-13-15-25(16-14-21)31-23(3)26(20-27(31)24-11-5-4-6-12-24)28(32)29-17-9-19-30-18-8-7-10-22(30)2/h4-6,11-16,20,22H,7-10,17-19H2,1-3H3,(H,29,32)/p+1/t22-/m1/s1. The second kappa shape index (κ2) is 10.2. The molecule has 1 unspecified atom stereocenters. The summed E-state index contributed by atoms with van der Waals surface area (Å²) in [6, 6.07) is 21.6. The Balaban J connectivity index is 1.52. The van der Waals surface area contributed by atoms with Gasteiger partial charge in [-0.1, -0.05) is 48.0 Å². The Labute approximate surface area is 192 Å². The minimum absolute atomic E-state index is 0.0206. The van der Waals surface area contributed by atoms with Gasteiger partial charge in [0.15, 0.2) is 0 Å². The van der Waals surface area contributed by atoms with Crippen LogP contribution in [0.5, 0.6) is 0 Å². The Morgan fingerprint density at radius 1 is 1.06 bits per heavy atom. The van der Waals surface area contributed by atoms with E-state index in [4.69, 9.17) is 0 Å². The van der Waals surface area contributed by atoms with Gasteiger partial charge in [0.25, 0.3) is 5.91 Å². The third-order valence-corrected chi connectivity index (χ3v) is 6.90. The summed E-state index contributed by atoms with van der Waals surface area (Å²) in [5.74, 6) is 0.0206. The number of hydrogen-bond donors (Lipinski definition) is 2. The fraction of sp³-hybridized carbons (Fsp3) is 0.393. The summed E-state index contributed by atoms with van der Waals surface area (Å²) in [5.41, 5.74) is 6.18. The van der Waals surface area contributed by atoms with E-state index in [0.29, 0.717) is 0 Å². The zero-order valence-electron chi connectivity index (χ0n) is 19.7. The topological polar surface area (TPSA) is 38.5 Å². The van der Waals surface area contributed by atoms with Crippen LogP contribution in [0.4, 0.5) is 0 Å². The molecule has 4 nitrogen and oxygen atoms in total. The SMILES string of the molecule is Cc1ccc(-n2c(-c3ccccc3)cc(C(=O)NCCC[NH+]3CCCC[C@H]3C)c2C)cc1. The van der Waals surface area contributed by atoms with Crippen molar-refractivity contribution in [1.82, 2.24) is 9.88 Å². The van der Waals surface area contributed by atoms with Crippen molar-refractivity contribution < 1.29 is 9.69 Å². The molecule has 1 saturated heterocycles. The van der Waals surface area contributed by atoms with E-state index >= 15 is 0 Å². The maximum atomic E-state index is 13.1. The summed E-state index contributed by atoms with van der Waals surface area (Å²) in [7, 11) is 0. The van der Waals surface area contributed by atoms with E-state index in [9.17, 15) is 4.79 Å². The molecule has 2 N–H and O–H groups in total. The van der Waals surface area contributed by atoms with Crippen LogP contribution < -0.4 is 10.2 Å². The predicted molar refractivity (Wildman–Crippen MR) is 132 cm³/mol. The van der Waals surface area contributed by atoms with Crippen LogP contribution in [0, 0.1) is 13.8 Å². The summed E-state index contributed by atoms with van der Waals surface area (Å²) in [4.78, 5) is 14.8. The first-order valence-corrected chi connectivity index (χ1v) is 12.0. The van der Waals surface area contributed by atoms with E-state index in [1.54, 1.807) is 4.90 Å². The lowest BCUT2D eigenvalue weighted by atomic mass is 10.0. The van der Waals surface area contributed by atoms with Crippen LogP contribution in [0.2, 0.25) is 0 Å². The van der Waals surface area contributed by atoms with Crippen molar-refractivity contribution in [3.8, 4) is 16.9 Å². The predicted octanol–water partition coefficient (Wildman–Crippen LogP) is 4.34. The Morgan fingerprint density at radius 2 is 1.81 bits per heavy atom. The highest BCUT2D eigenvalue weighted by Crippen LogP contribution is 2.29. The number of nitrogens with zero attached hydrogens (tertiary/aromatic N) is 1. The molecule has 1 fully saturated rings. The molecule has 0 spiro atoms. The molecule has 2 aromatic carbocycles. The molecule has 1 aliphatic rings. The number of nitrogens with one attached hydrogen (secondary N) is 2. The fourth-order valence-corrected chi connectivity index (χ4v) is 4.92. The molecule has 2 atom stereocenters. The molecule has 1 aromatic heterocycles. The Bertz CT molecular complexity index is 1040. The van der Waals surface area contributed by atoms with Crippen molar-refractivity contribution in [1.29, 1.82) is 0 Å². The number of hydrogen-bond acceptors (Lipinski definition) is 1. The maximum Gasteiger partial charge on any atom is 0.253 e. The smallest absolute Gasteiger partial charge is 0.253 e. The van der Waals surface area contributed by atoms with Crippen LogP contribution >= 0.6 is 0 Å². The molecule has 2 heterocycles. The van der Waals surface area contributed by atoms with Gasteiger partial charge >= 0.3 is 0 Å². The van der Waals surface area contributed by atoms with Crippen LogP contribution in [0.3, 0.4) is 0 Å². The summed E-state index contributed by atoms with van der Waals surface area (Å²) in [5, 5.41) is 3.18. The van der Waals surface area contributed by atoms with Gasteiger partial charge < -0.3 is 14.8 Å². The maximum absolute atomic E-state index is 13.1. The first-order valence-electron chi connectivity index (χ1n) is 12.0. The van der Waals surface area contributed by atoms with Crippen molar-refractivity contribution in [2.24, 2.45) is 0 Å². The fourth-order valence-electron chi connectivity index (χ4n) is 4.92. The Kier molecular flexibility index (Phi) is 7.11. The average molecular weight is 431 g/mol. The van der Waals surface area contributed by atoms with Crippen molar-refractivity contribution in [3.05, 3.63) is 77.5 Å². The molecule has 0 bridgehead atoms. The molecule has 4 rings (SSSR count). The first-order chi connectivity index (χ1) is 15.5. The quantitative estimate of drug-likeness (QED) is 0.538. The van der Waals surface area contributed by atoms with E-state index in [-0.39, 0.29) is 5.91 Å². The molecule has 4 heteroatoms. The van der Waals surface area contributed by atoms with Gasteiger partial charge in [-0.25, -0.2) is 0 Å². The number of amides is 1. The van der Waals surface area contributed by atoms with Crippen molar-refractivity contribution >= 4 is 5.91 Å².